The maximum atomic E-state index is 6.06. The molecule has 3 rings (SSSR count). The van der Waals surface area contributed by atoms with Crippen molar-refractivity contribution in [1.82, 2.24) is 19.5 Å². The molecular weight excluding hydrogens is 254 g/mol. The van der Waals surface area contributed by atoms with Gasteiger partial charge in [-0.05, 0) is 24.7 Å². The van der Waals surface area contributed by atoms with E-state index in [0.717, 1.165) is 18.1 Å². The van der Waals surface area contributed by atoms with Crippen LogP contribution in [-0.4, -0.2) is 26.6 Å². The molecular formula is C14H21N5O. The van der Waals surface area contributed by atoms with Gasteiger partial charge in [0.2, 0.25) is 11.8 Å². The van der Waals surface area contributed by atoms with Crippen LogP contribution in [0.15, 0.2) is 6.33 Å². The fourth-order valence-electron chi connectivity index (χ4n) is 3.25. The van der Waals surface area contributed by atoms with Gasteiger partial charge < -0.3 is 10.5 Å². The van der Waals surface area contributed by atoms with Crippen molar-refractivity contribution in [1.29, 1.82) is 0 Å². The van der Waals surface area contributed by atoms with Crippen LogP contribution in [0, 0.1) is 11.8 Å². The number of methoxy groups -OCH3 is 1. The Morgan fingerprint density at radius 1 is 1.40 bits per heavy atom. The molecule has 0 bridgehead atoms. The molecule has 108 valence electrons. The highest BCUT2D eigenvalue weighted by Crippen LogP contribution is 2.31. The summed E-state index contributed by atoms with van der Waals surface area (Å²) in [6.07, 6.45) is 6.65. The molecule has 1 aliphatic rings. The average molecular weight is 275 g/mol. The Morgan fingerprint density at radius 2 is 2.25 bits per heavy atom. The summed E-state index contributed by atoms with van der Waals surface area (Å²) in [6, 6.07) is 0. The number of rotatable bonds is 3. The molecule has 2 heterocycles. The summed E-state index contributed by atoms with van der Waals surface area (Å²) in [6.45, 7) is 3.21. The molecule has 2 aromatic rings. The first-order valence-electron chi connectivity index (χ1n) is 7.19. The van der Waals surface area contributed by atoms with Gasteiger partial charge in [0.25, 0.3) is 0 Å². The average Bonchev–Trinajstić information content (AvgIpc) is 2.75. The maximum absolute atomic E-state index is 6.06. The molecule has 2 atom stereocenters. The minimum atomic E-state index is 0.484. The summed E-state index contributed by atoms with van der Waals surface area (Å²) in [5.74, 6) is 2.43. The number of nitrogens with two attached hydrogens (primary N) is 1. The summed E-state index contributed by atoms with van der Waals surface area (Å²) in [5.41, 5.74) is 7.48. The van der Waals surface area contributed by atoms with Gasteiger partial charge in [0, 0.05) is 6.54 Å². The first-order valence-corrected chi connectivity index (χ1v) is 7.19. The lowest BCUT2D eigenvalue weighted by atomic mass is 9.82. The first-order chi connectivity index (χ1) is 9.69. The van der Waals surface area contributed by atoms with Crippen LogP contribution >= 0.6 is 0 Å². The number of imidazole rings is 1. The van der Waals surface area contributed by atoms with Crippen molar-refractivity contribution in [3.8, 4) is 5.88 Å². The predicted octanol–water partition coefficient (Wildman–Crippen LogP) is 2.24. The fraction of sp³-hybridized carbons (Fsp3) is 0.643. The Morgan fingerprint density at radius 3 is 3.00 bits per heavy atom. The normalized spacial score (nSPS) is 23.1. The third-order valence-electron chi connectivity index (χ3n) is 4.21. The molecule has 0 aromatic carbocycles. The van der Waals surface area contributed by atoms with E-state index in [1.807, 2.05) is 4.57 Å². The number of fused-ring (bicyclic) bond motifs is 1. The van der Waals surface area contributed by atoms with Crippen molar-refractivity contribution in [3.63, 3.8) is 0 Å². The van der Waals surface area contributed by atoms with Crippen LogP contribution in [0.5, 0.6) is 5.88 Å². The summed E-state index contributed by atoms with van der Waals surface area (Å²) in [7, 11) is 1.58. The number of nitrogens with zero attached hydrogens (tertiary/aromatic N) is 4. The van der Waals surface area contributed by atoms with Gasteiger partial charge in [0.15, 0.2) is 11.2 Å². The number of ether oxygens (including phenoxy) is 1. The SMILES string of the molecule is COc1ncnc2c1nc(N)n2CC1CCCC(C)C1. The monoisotopic (exact) mass is 275 g/mol. The Bertz CT molecular complexity index is 609. The third kappa shape index (κ3) is 2.30. The molecule has 0 aliphatic heterocycles. The van der Waals surface area contributed by atoms with Crippen LogP contribution in [0.25, 0.3) is 11.2 Å². The molecule has 2 unspecified atom stereocenters. The lowest BCUT2D eigenvalue weighted by molar-refractivity contribution is 0.259. The van der Waals surface area contributed by atoms with Gasteiger partial charge in [-0.25, -0.2) is 9.97 Å². The van der Waals surface area contributed by atoms with E-state index in [2.05, 4.69) is 21.9 Å². The molecule has 1 aliphatic carbocycles. The smallest absolute Gasteiger partial charge is 0.245 e. The highest BCUT2D eigenvalue weighted by Gasteiger charge is 2.22. The van der Waals surface area contributed by atoms with Crippen molar-refractivity contribution in [3.05, 3.63) is 6.33 Å². The Labute approximate surface area is 118 Å². The van der Waals surface area contributed by atoms with E-state index in [0.29, 0.717) is 23.3 Å². The van der Waals surface area contributed by atoms with Gasteiger partial charge in [-0.3, -0.25) is 4.57 Å². The van der Waals surface area contributed by atoms with Gasteiger partial charge in [0.1, 0.15) is 6.33 Å². The summed E-state index contributed by atoms with van der Waals surface area (Å²) in [5, 5.41) is 0. The highest BCUT2D eigenvalue weighted by atomic mass is 16.5. The molecule has 0 radical (unpaired) electrons. The molecule has 0 spiro atoms. The van der Waals surface area contributed by atoms with Crippen LogP contribution in [0.2, 0.25) is 0 Å². The fourth-order valence-corrected chi connectivity index (χ4v) is 3.25. The molecule has 1 saturated carbocycles. The molecule has 2 aromatic heterocycles. The molecule has 20 heavy (non-hydrogen) atoms. The number of hydrogen-bond acceptors (Lipinski definition) is 5. The summed E-state index contributed by atoms with van der Waals surface area (Å²) < 4.78 is 7.22. The van der Waals surface area contributed by atoms with Crippen LogP contribution in [0.1, 0.15) is 32.6 Å². The van der Waals surface area contributed by atoms with Crippen molar-refractivity contribution in [2.24, 2.45) is 11.8 Å². The summed E-state index contributed by atoms with van der Waals surface area (Å²) in [4.78, 5) is 12.8. The van der Waals surface area contributed by atoms with Crippen LogP contribution in [-0.2, 0) is 6.54 Å². The van der Waals surface area contributed by atoms with Crippen molar-refractivity contribution < 1.29 is 4.74 Å². The number of nitrogen functional groups attached to an aromatic ring is 1. The maximum Gasteiger partial charge on any atom is 0.245 e. The lowest BCUT2D eigenvalue weighted by Crippen LogP contribution is -2.19. The molecule has 2 N–H and O–H groups in total. The van der Waals surface area contributed by atoms with E-state index in [1.165, 1.54) is 32.0 Å². The number of hydrogen-bond donors (Lipinski definition) is 1. The Balaban J connectivity index is 1.93. The number of anilines is 1. The van der Waals surface area contributed by atoms with Gasteiger partial charge in [-0.15, -0.1) is 0 Å². The van der Waals surface area contributed by atoms with Crippen molar-refractivity contribution >= 4 is 17.1 Å². The minimum Gasteiger partial charge on any atom is -0.479 e. The quantitative estimate of drug-likeness (QED) is 0.929. The summed E-state index contributed by atoms with van der Waals surface area (Å²) >= 11 is 0. The van der Waals surface area contributed by atoms with E-state index >= 15 is 0 Å². The topological polar surface area (TPSA) is 78.8 Å². The van der Waals surface area contributed by atoms with E-state index < -0.39 is 0 Å². The largest absolute Gasteiger partial charge is 0.479 e. The predicted molar refractivity (Wildman–Crippen MR) is 77.4 cm³/mol. The van der Waals surface area contributed by atoms with Crippen LogP contribution < -0.4 is 10.5 Å². The molecule has 6 nitrogen and oxygen atoms in total. The van der Waals surface area contributed by atoms with Crippen LogP contribution in [0.4, 0.5) is 5.95 Å². The van der Waals surface area contributed by atoms with E-state index in [4.69, 9.17) is 10.5 Å². The second kappa shape index (κ2) is 5.26. The second-order valence-corrected chi connectivity index (χ2v) is 5.77. The van der Waals surface area contributed by atoms with Gasteiger partial charge >= 0.3 is 0 Å². The number of aromatic nitrogens is 4. The first kappa shape index (κ1) is 13.1. The van der Waals surface area contributed by atoms with E-state index in [-0.39, 0.29) is 0 Å². The van der Waals surface area contributed by atoms with Crippen molar-refractivity contribution in [2.75, 3.05) is 12.8 Å². The second-order valence-electron chi connectivity index (χ2n) is 5.77. The Kier molecular flexibility index (Phi) is 3.46. The highest BCUT2D eigenvalue weighted by molar-refractivity contribution is 5.78. The zero-order valence-corrected chi connectivity index (χ0v) is 12.0. The van der Waals surface area contributed by atoms with Crippen molar-refractivity contribution in [2.45, 2.75) is 39.2 Å². The molecule has 0 amide bonds. The zero-order valence-electron chi connectivity index (χ0n) is 12.0. The minimum absolute atomic E-state index is 0.484. The van der Waals surface area contributed by atoms with Gasteiger partial charge in [0.05, 0.1) is 7.11 Å². The lowest BCUT2D eigenvalue weighted by Gasteiger charge is -2.27. The van der Waals surface area contributed by atoms with Crippen LogP contribution in [0.3, 0.4) is 0 Å². The third-order valence-corrected chi connectivity index (χ3v) is 4.21. The van der Waals surface area contributed by atoms with Gasteiger partial charge in [-0.2, -0.15) is 4.98 Å². The Hall–Kier alpha value is -1.85. The van der Waals surface area contributed by atoms with E-state index in [1.54, 1.807) is 7.11 Å². The molecule has 1 fully saturated rings. The standard InChI is InChI=1S/C14H21N5O/c1-9-4-3-5-10(6-9)7-19-12-11(18-14(19)15)13(20-2)17-8-16-12/h8-10H,3-7H2,1-2H3,(H2,15,18). The molecule has 6 heteroatoms. The van der Waals surface area contributed by atoms with E-state index in [9.17, 15) is 0 Å². The van der Waals surface area contributed by atoms with Gasteiger partial charge in [-0.1, -0.05) is 19.8 Å². The molecule has 0 saturated heterocycles. The zero-order chi connectivity index (χ0) is 14.1.